The highest BCUT2D eigenvalue weighted by Gasteiger charge is 2.09. The molecule has 1 aromatic rings. The minimum Gasteiger partial charge on any atom is -0.445 e. The first-order valence-corrected chi connectivity index (χ1v) is 5.76. The maximum Gasteiger partial charge on any atom is 0.409 e. The molecule has 16 heavy (non-hydrogen) atoms. The van der Waals surface area contributed by atoms with Gasteiger partial charge in [-0.3, -0.25) is 0 Å². The summed E-state index contributed by atoms with van der Waals surface area (Å²) in [5.41, 5.74) is 6.28. The van der Waals surface area contributed by atoms with Crippen molar-refractivity contribution in [2.24, 2.45) is 5.73 Å². The molecule has 0 aliphatic heterocycles. The minimum atomic E-state index is -0.360. The third-order valence-corrected chi connectivity index (χ3v) is 2.86. The van der Waals surface area contributed by atoms with Crippen molar-refractivity contribution in [3.05, 3.63) is 34.3 Å². The van der Waals surface area contributed by atoms with Crippen LogP contribution in [0, 0.1) is 0 Å². The highest BCUT2D eigenvalue weighted by Crippen LogP contribution is 2.16. The van der Waals surface area contributed by atoms with Crippen LogP contribution in [0.15, 0.2) is 28.7 Å². The van der Waals surface area contributed by atoms with E-state index in [0.717, 1.165) is 10.0 Å². The lowest BCUT2D eigenvalue weighted by molar-refractivity contribution is 0.105. The maximum atomic E-state index is 11.5. The number of carbonyl (C=O) groups is 1. The molecule has 0 radical (unpaired) electrons. The van der Waals surface area contributed by atoms with Crippen LogP contribution in [0.1, 0.15) is 5.56 Å². The summed E-state index contributed by atoms with van der Waals surface area (Å²) in [6.07, 6.45) is -0.360. The van der Waals surface area contributed by atoms with Crippen molar-refractivity contribution < 1.29 is 9.53 Å². The van der Waals surface area contributed by atoms with Crippen LogP contribution in [-0.2, 0) is 11.3 Å². The van der Waals surface area contributed by atoms with Gasteiger partial charge in [0.15, 0.2) is 0 Å². The minimum absolute atomic E-state index is 0.259. The van der Waals surface area contributed by atoms with Gasteiger partial charge < -0.3 is 15.4 Å². The first kappa shape index (κ1) is 13.0. The predicted octanol–water partition coefficient (Wildman–Crippen LogP) is 1.98. The van der Waals surface area contributed by atoms with Gasteiger partial charge in [0.25, 0.3) is 0 Å². The Hall–Kier alpha value is -1.07. The predicted molar refractivity (Wildman–Crippen MR) is 66.0 cm³/mol. The molecule has 2 N–H and O–H groups in total. The highest BCUT2D eigenvalue weighted by atomic mass is 79.9. The lowest BCUT2D eigenvalue weighted by Crippen LogP contribution is -2.32. The maximum absolute atomic E-state index is 11.5. The number of nitrogens with two attached hydrogens (primary N) is 1. The lowest BCUT2D eigenvalue weighted by Gasteiger charge is -2.16. The third-order valence-electron chi connectivity index (χ3n) is 2.09. The standard InChI is InChI=1S/C11H15BrN2O2/c1-14(7-6-13)11(15)16-8-9-4-2-3-5-10(9)12/h2-5H,6-8,13H2,1H3. The zero-order valence-electron chi connectivity index (χ0n) is 9.15. The van der Waals surface area contributed by atoms with E-state index in [-0.39, 0.29) is 12.7 Å². The number of amides is 1. The van der Waals surface area contributed by atoms with Crippen LogP contribution in [0.4, 0.5) is 4.79 Å². The summed E-state index contributed by atoms with van der Waals surface area (Å²) in [7, 11) is 1.66. The molecule has 0 fully saturated rings. The molecule has 0 saturated carbocycles. The van der Waals surface area contributed by atoms with E-state index in [4.69, 9.17) is 10.5 Å². The van der Waals surface area contributed by atoms with E-state index in [1.165, 1.54) is 4.90 Å². The topological polar surface area (TPSA) is 55.6 Å². The van der Waals surface area contributed by atoms with Gasteiger partial charge in [0.05, 0.1) is 0 Å². The number of nitrogens with zero attached hydrogens (tertiary/aromatic N) is 1. The molecule has 0 aromatic heterocycles. The number of hydrogen-bond acceptors (Lipinski definition) is 3. The molecule has 88 valence electrons. The molecule has 0 atom stereocenters. The van der Waals surface area contributed by atoms with Crippen LogP contribution in [0.2, 0.25) is 0 Å². The Morgan fingerprint density at radius 2 is 2.19 bits per heavy atom. The average molecular weight is 287 g/mol. The highest BCUT2D eigenvalue weighted by molar-refractivity contribution is 9.10. The quantitative estimate of drug-likeness (QED) is 0.921. The smallest absolute Gasteiger partial charge is 0.409 e. The van der Waals surface area contributed by atoms with E-state index in [1.54, 1.807) is 7.05 Å². The number of carbonyl (C=O) groups excluding carboxylic acids is 1. The fourth-order valence-electron chi connectivity index (χ4n) is 1.15. The Morgan fingerprint density at radius 3 is 2.81 bits per heavy atom. The zero-order valence-corrected chi connectivity index (χ0v) is 10.7. The van der Waals surface area contributed by atoms with Crippen molar-refractivity contribution in [3.8, 4) is 0 Å². The second-order valence-corrected chi connectivity index (χ2v) is 4.21. The van der Waals surface area contributed by atoms with Gasteiger partial charge in [0.2, 0.25) is 0 Å². The Kier molecular flexibility index (Phi) is 5.28. The third kappa shape index (κ3) is 3.83. The van der Waals surface area contributed by atoms with Gasteiger partial charge in [-0.15, -0.1) is 0 Å². The van der Waals surface area contributed by atoms with Gasteiger partial charge in [0.1, 0.15) is 6.61 Å². The molecule has 0 unspecified atom stereocenters. The summed E-state index contributed by atoms with van der Waals surface area (Å²) < 4.78 is 6.06. The van der Waals surface area contributed by atoms with Crippen molar-refractivity contribution in [1.82, 2.24) is 4.90 Å². The lowest BCUT2D eigenvalue weighted by atomic mass is 10.2. The van der Waals surface area contributed by atoms with Crippen LogP contribution in [-0.4, -0.2) is 31.1 Å². The van der Waals surface area contributed by atoms with Gasteiger partial charge in [-0.2, -0.15) is 0 Å². The van der Waals surface area contributed by atoms with Crippen molar-refractivity contribution in [2.75, 3.05) is 20.1 Å². The van der Waals surface area contributed by atoms with Gasteiger partial charge in [-0.05, 0) is 6.07 Å². The first-order chi connectivity index (χ1) is 7.65. The molecule has 1 rings (SSSR count). The summed E-state index contributed by atoms with van der Waals surface area (Å²) in [6.45, 7) is 1.19. The molecule has 1 amide bonds. The molecule has 5 heteroatoms. The second kappa shape index (κ2) is 6.50. The van der Waals surface area contributed by atoms with Crippen molar-refractivity contribution in [3.63, 3.8) is 0 Å². The van der Waals surface area contributed by atoms with Gasteiger partial charge in [0, 0.05) is 30.2 Å². The van der Waals surface area contributed by atoms with E-state index < -0.39 is 0 Å². The van der Waals surface area contributed by atoms with Crippen LogP contribution in [0.5, 0.6) is 0 Å². The summed E-state index contributed by atoms with van der Waals surface area (Å²) in [5.74, 6) is 0. The monoisotopic (exact) mass is 286 g/mol. The molecule has 0 aliphatic carbocycles. The largest absolute Gasteiger partial charge is 0.445 e. The molecule has 1 aromatic carbocycles. The number of benzene rings is 1. The summed E-state index contributed by atoms with van der Waals surface area (Å²) in [4.78, 5) is 12.9. The molecule has 0 heterocycles. The van der Waals surface area contributed by atoms with Crippen molar-refractivity contribution in [2.45, 2.75) is 6.61 Å². The van der Waals surface area contributed by atoms with E-state index in [1.807, 2.05) is 24.3 Å². The molecule has 4 nitrogen and oxygen atoms in total. The summed E-state index contributed by atoms with van der Waals surface area (Å²) in [6, 6.07) is 7.63. The van der Waals surface area contributed by atoms with E-state index in [0.29, 0.717) is 13.1 Å². The van der Waals surface area contributed by atoms with E-state index in [2.05, 4.69) is 15.9 Å². The average Bonchev–Trinajstić information content (AvgIpc) is 2.28. The Morgan fingerprint density at radius 1 is 1.50 bits per heavy atom. The number of hydrogen-bond donors (Lipinski definition) is 1. The zero-order chi connectivity index (χ0) is 12.0. The van der Waals surface area contributed by atoms with Crippen molar-refractivity contribution in [1.29, 1.82) is 0 Å². The summed E-state index contributed by atoms with van der Waals surface area (Å²) in [5, 5.41) is 0. The molecule has 0 spiro atoms. The molecular formula is C11H15BrN2O2. The number of ether oxygens (including phenoxy) is 1. The van der Waals surface area contributed by atoms with Gasteiger partial charge >= 0.3 is 6.09 Å². The fraction of sp³-hybridized carbons (Fsp3) is 0.364. The molecule has 0 aliphatic rings. The summed E-state index contributed by atoms with van der Waals surface area (Å²) >= 11 is 3.39. The number of halogens is 1. The van der Waals surface area contributed by atoms with E-state index >= 15 is 0 Å². The molecular weight excluding hydrogens is 272 g/mol. The van der Waals surface area contributed by atoms with Crippen LogP contribution < -0.4 is 5.73 Å². The number of likely N-dealkylation sites (N-methyl/N-ethyl adjacent to an activating group) is 1. The Labute approximate surface area is 103 Å². The second-order valence-electron chi connectivity index (χ2n) is 3.36. The molecule has 0 bridgehead atoms. The van der Waals surface area contributed by atoms with Gasteiger partial charge in [-0.25, -0.2) is 4.79 Å². The van der Waals surface area contributed by atoms with E-state index in [9.17, 15) is 4.79 Å². The van der Waals surface area contributed by atoms with Gasteiger partial charge in [-0.1, -0.05) is 34.1 Å². The van der Waals surface area contributed by atoms with Crippen LogP contribution >= 0.6 is 15.9 Å². The Bertz CT molecular complexity index is 358. The number of rotatable bonds is 4. The van der Waals surface area contributed by atoms with Crippen LogP contribution in [0.3, 0.4) is 0 Å². The first-order valence-electron chi connectivity index (χ1n) is 4.96. The normalized spacial score (nSPS) is 9.94. The van der Waals surface area contributed by atoms with Crippen molar-refractivity contribution >= 4 is 22.0 Å². The fourth-order valence-corrected chi connectivity index (χ4v) is 1.55. The van der Waals surface area contributed by atoms with Crippen LogP contribution in [0.25, 0.3) is 0 Å². The Balaban J connectivity index is 2.46. The molecule has 0 saturated heterocycles. The SMILES string of the molecule is CN(CCN)C(=O)OCc1ccccc1Br.